The van der Waals surface area contributed by atoms with E-state index < -0.39 is 0 Å². The van der Waals surface area contributed by atoms with E-state index in [1.807, 2.05) is 0 Å². The van der Waals surface area contributed by atoms with Gasteiger partial charge in [0.1, 0.15) is 0 Å². The molecule has 0 aliphatic rings. The summed E-state index contributed by atoms with van der Waals surface area (Å²) in [6.45, 7) is 0.800. The Balaban J connectivity index is 1.89. The van der Waals surface area contributed by atoms with Crippen molar-refractivity contribution < 1.29 is 10.2 Å². The Kier molecular flexibility index (Phi) is 5.81. The zero-order valence-electron chi connectivity index (χ0n) is 11.5. The molecule has 2 aromatic carbocycles. The van der Waals surface area contributed by atoms with E-state index in [-0.39, 0.29) is 11.5 Å². The molecule has 0 aliphatic carbocycles. The molecule has 2 rings (SSSR count). The fraction of sp³-hybridized carbons (Fsp3) is 0.125. The van der Waals surface area contributed by atoms with Crippen molar-refractivity contribution in [2.24, 2.45) is 9.98 Å². The van der Waals surface area contributed by atoms with Gasteiger partial charge in [-0.1, -0.05) is 46.8 Å². The third-order valence-corrected chi connectivity index (χ3v) is 3.23. The zero-order valence-corrected chi connectivity index (χ0v) is 13.0. The number of hydrogen-bond donors (Lipinski definition) is 0. The second-order valence-electron chi connectivity index (χ2n) is 4.43. The van der Waals surface area contributed by atoms with Crippen molar-refractivity contribution in [3.8, 4) is 11.5 Å². The van der Waals surface area contributed by atoms with E-state index in [0.717, 1.165) is 0 Å². The molecule has 6 heteroatoms. The summed E-state index contributed by atoms with van der Waals surface area (Å²) in [6, 6.07) is 9.00. The maximum Gasteiger partial charge on any atom is 0.0585 e. The van der Waals surface area contributed by atoms with Crippen molar-refractivity contribution in [3.05, 3.63) is 57.6 Å². The van der Waals surface area contributed by atoms with Gasteiger partial charge in [-0.3, -0.25) is 9.98 Å². The summed E-state index contributed by atoms with van der Waals surface area (Å²) < 4.78 is 0. The molecule has 0 radical (unpaired) electrons. The van der Waals surface area contributed by atoms with Gasteiger partial charge < -0.3 is 10.2 Å². The molecule has 0 saturated heterocycles. The van der Waals surface area contributed by atoms with Crippen LogP contribution in [0.25, 0.3) is 0 Å². The van der Waals surface area contributed by atoms with Crippen LogP contribution < -0.4 is 10.2 Å². The van der Waals surface area contributed by atoms with Crippen molar-refractivity contribution in [3.63, 3.8) is 0 Å². The van der Waals surface area contributed by atoms with Gasteiger partial charge >= 0.3 is 0 Å². The molecule has 4 nitrogen and oxygen atoms in total. The molecule has 0 bridgehead atoms. The highest BCUT2D eigenvalue weighted by Gasteiger charge is 1.93. The predicted molar refractivity (Wildman–Crippen MR) is 86.7 cm³/mol. The lowest BCUT2D eigenvalue weighted by molar-refractivity contribution is -0.269. The highest BCUT2D eigenvalue weighted by atomic mass is 35.5. The average Bonchev–Trinajstić information content (AvgIpc) is 2.49. The molecule has 0 unspecified atom stereocenters. The first-order valence-electron chi connectivity index (χ1n) is 6.49. The van der Waals surface area contributed by atoms with Gasteiger partial charge in [0.25, 0.3) is 0 Å². The Morgan fingerprint density at radius 1 is 0.773 bits per heavy atom. The van der Waals surface area contributed by atoms with E-state index in [1.54, 1.807) is 12.1 Å². The van der Waals surface area contributed by atoms with E-state index in [2.05, 4.69) is 9.98 Å². The van der Waals surface area contributed by atoms with Gasteiger partial charge in [-0.05, 0) is 35.4 Å². The van der Waals surface area contributed by atoms with Crippen LogP contribution in [0.1, 0.15) is 11.1 Å². The molecule has 0 amide bonds. The standard InChI is InChI=1S/C16H14Cl2N2O2/c17-13-1-3-15(21)11(7-13)9-19-5-6-20-10-12-8-14(18)2-4-16(12)22/h1-4,7-10,21-22H,5-6H2/p-2. The smallest absolute Gasteiger partial charge is 0.0585 e. The van der Waals surface area contributed by atoms with Gasteiger partial charge in [0.05, 0.1) is 13.1 Å². The molecular formula is C16H12Cl2N2O2-2. The summed E-state index contributed by atoms with van der Waals surface area (Å²) >= 11 is 11.6. The van der Waals surface area contributed by atoms with E-state index in [9.17, 15) is 10.2 Å². The fourth-order valence-corrected chi connectivity index (χ4v) is 2.04. The van der Waals surface area contributed by atoms with E-state index in [1.165, 1.54) is 36.7 Å². The lowest BCUT2D eigenvalue weighted by Gasteiger charge is -2.09. The van der Waals surface area contributed by atoms with Crippen LogP contribution in [0, 0.1) is 0 Å². The second-order valence-corrected chi connectivity index (χ2v) is 5.31. The number of benzene rings is 2. The summed E-state index contributed by atoms with van der Waals surface area (Å²) in [4.78, 5) is 8.23. The molecule has 0 fully saturated rings. The van der Waals surface area contributed by atoms with Crippen molar-refractivity contribution in [2.45, 2.75) is 0 Å². The summed E-state index contributed by atoms with van der Waals surface area (Å²) in [5.41, 5.74) is 0.876. The third kappa shape index (κ3) is 4.76. The molecule has 2 aromatic rings. The van der Waals surface area contributed by atoms with Crippen molar-refractivity contribution >= 4 is 35.6 Å². The summed E-state index contributed by atoms with van der Waals surface area (Å²) in [7, 11) is 0. The molecule has 0 spiro atoms. The van der Waals surface area contributed by atoms with Gasteiger partial charge in [0, 0.05) is 22.5 Å². The van der Waals surface area contributed by atoms with Crippen molar-refractivity contribution in [2.75, 3.05) is 13.1 Å². The predicted octanol–water partition coefficient (Wildman–Crippen LogP) is 2.68. The SMILES string of the molecule is [O-]c1ccc(Cl)cc1C=NCCN=Cc1cc(Cl)ccc1[O-]. The number of aliphatic imine (C=N–C) groups is 2. The normalized spacial score (nSPS) is 11.5. The van der Waals surface area contributed by atoms with Crippen molar-refractivity contribution in [1.29, 1.82) is 0 Å². The molecule has 114 valence electrons. The van der Waals surface area contributed by atoms with Gasteiger partial charge in [0.15, 0.2) is 0 Å². The van der Waals surface area contributed by atoms with E-state index >= 15 is 0 Å². The average molecular weight is 335 g/mol. The Morgan fingerprint density at radius 2 is 1.18 bits per heavy atom. The van der Waals surface area contributed by atoms with Gasteiger partial charge in [-0.15, -0.1) is 0 Å². The van der Waals surface area contributed by atoms with Crippen LogP contribution in [0.2, 0.25) is 10.0 Å². The first-order valence-corrected chi connectivity index (χ1v) is 7.24. The molecule has 0 heterocycles. The van der Waals surface area contributed by atoms with Crippen LogP contribution in [-0.2, 0) is 0 Å². The Bertz CT molecular complexity index is 654. The molecule has 0 saturated carbocycles. The Morgan fingerprint density at radius 3 is 1.59 bits per heavy atom. The molecule has 22 heavy (non-hydrogen) atoms. The van der Waals surface area contributed by atoms with Crippen LogP contribution in [0.4, 0.5) is 0 Å². The Hall–Kier alpha value is -2.04. The highest BCUT2D eigenvalue weighted by Crippen LogP contribution is 2.18. The lowest BCUT2D eigenvalue weighted by Crippen LogP contribution is -1.98. The molecule has 0 aromatic heterocycles. The molecule has 0 atom stereocenters. The van der Waals surface area contributed by atoms with Crippen LogP contribution >= 0.6 is 23.2 Å². The largest absolute Gasteiger partial charge is 0.872 e. The van der Waals surface area contributed by atoms with Crippen LogP contribution in [0.5, 0.6) is 11.5 Å². The number of hydrogen-bond acceptors (Lipinski definition) is 4. The molecule has 0 aliphatic heterocycles. The zero-order chi connectivity index (χ0) is 15.9. The summed E-state index contributed by atoms with van der Waals surface area (Å²) in [5, 5.41) is 24.0. The monoisotopic (exact) mass is 334 g/mol. The number of halogens is 2. The quantitative estimate of drug-likeness (QED) is 0.623. The number of rotatable bonds is 5. The van der Waals surface area contributed by atoms with Crippen molar-refractivity contribution in [1.82, 2.24) is 0 Å². The third-order valence-electron chi connectivity index (χ3n) is 2.76. The summed E-state index contributed by atoms with van der Waals surface area (Å²) in [6.07, 6.45) is 2.95. The minimum Gasteiger partial charge on any atom is -0.872 e. The first-order chi connectivity index (χ1) is 10.6. The fourth-order valence-electron chi connectivity index (χ4n) is 1.68. The molecular weight excluding hydrogens is 323 g/mol. The maximum atomic E-state index is 11.5. The second kappa shape index (κ2) is 7.82. The highest BCUT2D eigenvalue weighted by molar-refractivity contribution is 6.31. The van der Waals surface area contributed by atoms with Gasteiger partial charge in [0.2, 0.25) is 0 Å². The van der Waals surface area contributed by atoms with E-state index in [4.69, 9.17) is 23.2 Å². The summed E-state index contributed by atoms with van der Waals surface area (Å²) in [5.74, 6) is -0.266. The molecule has 0 N–H and O–H groups in total. The van der Waals surface area contributed by atoms with Crippen LogP contribution in [0.3, 0.4) is 0 Å². The topological polar surface area (TPSA) is 70.8 Å². The van der Waals surface area contributed by atoms with Gasteiger partial charge in [-0.2, -0.15) is 0 Å². The van der Waals surface area contributed by atoms with E-state index in [0.29, 0.717) is 34.3 Å². The Labute approximate surface area is 138 Å². The van der Waals surface area contributed by atoms with Crippen LogP contribution in [-0.4, -0.2) is 25.5 Å². The number of nitrogens with zero attached hydrogens (tertiary/aromatic N) is 2. The maximum absolute atomic E-state index is 11.5. The lowest BCUT2D eigenvalue weighted by atomic mass is 10.2. The van der Waals surface area contributed by atoms with Crippen LogP contribution in [0.15, 0.2) is 46.4 Å². The first kappa shape index (κ1) is 16.3. The van der Waals surface area contributed by atoms with Gasteiger partial charge in [-0.25, -0.2) is 0 Å². The minimum atomic E-state index is -0.133. The minimum absolute atomic E-state index is 0.133.